The zero-order chi connectivity index (χ0) is 17.6. The van der Waals surface area contributed by atoms with Crippen molar-refractivity contribution in [1.82, 2.24) is 0 Å². The minimum Gasteiger partial charge on any atom is -0.310 e. The van der Waals surface area contributed by atoms with Gasteiger partial charge in [-0.3, -0.25) is 0 Å². The van der Waals surface area contributed by atoms with E-state index in [1.165, 1.54) is 33.8 Å². The summed E-state index contributed by atoms with van der Waals surface area (Å²) in [4.78, 5) is 2.39. The number of aryl methyl sites for hydroxylation is 1. The third kappa shape index (κ3) is 3.46. The second-order valence-corrected chi connectivity index (χ2v) is 6.27. The van der Waals surface area contributed by atoms with Crippen LogP contribution in [-0.2, 0) is 19.3 Å². The number of hydrogen-bond acceptors (Lipinski definition) is 1. The van der Waals surface area contributed by atoms with Gasteiger partial charge in [-0.25, -0.2) is 0 Å². The van der Waals surface area contributed by atoms with Crippen LogP contribution < -0.4 is 4.90 Å². The molecule has 0 N–H and O–H groups in total. The fourth-order valence-electron chi connectivity index (χ4n) is 3.69. The van der Waals surface area contributed by atoms with Gasteiger partial charge >= 0.3 is 0 Å². The molecule has 0 amide bonds. The van der Waals surface area contributed by atoms with Crippen LogP contribution in [0, 0.1) is 0 Å². The highest BCUT2D eigenvalue weighted by Crippen LogP contribution is 2.38. The van der Waals surface area contributed by atoms with Crippen molar-refractivity contribution in [1.29, 1.82) is 0 Å². The molecule has 0 fully saturated rings. The first-order valence-corrected chi connectivity index (χ1v) is 9.33. The first kappa shape index (κ1) is 17.3. The Morgan fingerprint density at radius 2 is 1.08 bits per heavy atom. The predicted octanol–water partition coefficient (Wildman–Crippen LogP) is 6.84. The highest BCUT2D eigenvalue weighted by molar-refractivity contribution is 5.79. The van der Waals surface area contributed by atoms with Crippen molar-refractivity contribution >= 4 is 17.1 Å². The van der Waals surface area contributed by atoms with E-state index in [1.807, 2.05) is 0 Å². The Bertz CT molecular complexity index is 767. The molecule has 0 saturated carbocycles. The number of anilines is 3. The number of hydrogen-bond donors (Lipinski definition) is 0. The molecule has 0 aliphatic heterocycles. The summed E-state index contributed by atoms with van der Waals surface area (Å²) in [6, 6.07) is 25.9. The average Bonchev–Trinajstić information content (AvgIpc) is 2.69. The van der Waals surface area contributed by atoms with Crippen molar-refractivity contribution in [3.05, 3.63) is 89.5 Å². The lowest BCUT2D eigenvalue weighted by Crippen LogP contribution is -2.14. The zero-order valence-corrected chi connectivity index (χ0v) is 15.5. The van der Waals surface area contributed by atoms with Crippen molar-refractivity contribution < 1.29 is 0 Å². The van der Waals surface area contributed by atoms with Crippen LogP contribution in [0.2, 0.25) is 0 Å². The fraction of sp³-hybridized carbons (Fsp3) is 0.250. The van der Waals surface area contributed by atoms with Gasteiger partial charge in [-0.15, -0.1) is 0 Å². The van der Waals surface area contributed by atoms with Crippen LogP contribution in [0.15, 0.2) is 72.8 Å². The molecule has 0 bridgehead atoms. The van der Waals surface area contributed by atoms with Crippen LogP contribution >= 0.6 is 0 Å². The normalized spacial score (nSPS) is 10.7. The summed E-state index contributed by atoms with van der Waals surface area (Å²) in [7, 11) is 0. The molecule has 0 saturated heterocycles. The van der Waals surface area contributed by atoms with Crippen molar-refractivity contribution in [2.45, 2.75) is 40.0 Å². The number of para-hydroxylation sites is 2. The molecule has 0 spiro atoms. The van der Waals surface area contributed by atoms with Crippen LogP contribution in [0.4, 0.5) is 17.1 Å². The Morgan fingerprint density at radius 3 is 1.52 bits per heavy atom. The Morgan fingerprint density at radius 1 is 0.560 bits per heavy atom. The van der Waals surface area contributed by atoms with E-state index in [0.717, 1.165) is 19.3 Å². The minimum atomic E-state index is 1.04. The molecular formula is C24H27N. The monoisotopic (exact) mass is 329 g/mol. The molecule has 0 aromatic heterocycles. The van der Waals surface area contributed by atoms with Crippen LogP contribution in [-0.4, -0.2) is 0 Å². The molecule has 0 radical (unpaired) electrons. The largest absolute Gasteiger partial charge is 0.310 e. The lowest BCUT2D eigenvalue weighted by atomic mass is 9.93. The van der Waals surface area contributed by atoms with Crippen molar-refractivity contribution in [2.24, 2.45) is 0 Å². The first-order chi connectivity index (χ1) is 12.3. The van der Waals surface area contributed by atoms with Crippen LogP contribution in [0.3, 0.4) is 0 Å². The van der Waals surface area contributed by atoms with E-state index >= 15 is 0 Å². The molecule has 0 aliphatic carbocycles. The SMILES string of the molecule is CCc1ccc(N(c2ccccc2)c2ccccc2)c(CC)c1CC. The third-order valence-electron chi connectivity index (χ3n) is 4.86. The molecule has 1 heteroatoms. The summed E-state index contributed by atoms with van der Waals surface area (Å²) in [6.45, 7) is 6.79. The van der Waals surface area contributed by atoms with Crippen molar-refractivity contribution in [3.63, 3.8) is 0 Å². The van der Waals surface area contributed by atoms with E-state index < -0.39 is 0 Å². The highest BCUT2D eigenvalue weighted by Gasteiger charge is 2.18. The minimum absolute atomic E-state index is 1.04. The number of nitrogens with zero attached hydrogens (tertiary/aromatic N) is 1. The van der Waals surface area contributed by atoms with E-state index in [9.17, 15) is 0 Å². The molecule has 0 unspecified atom stereocenters. The quantitative estimate of drug-likeness (QED) is 0.478. The zero-order valence-electron chi connectivity index (χ0n) is 15.5. The van der Waals surface area contributed by atoms with Gasteiger partial charge in [0.15, 0.2) is 0 Å². The molecule has 0 atom stereocenters. The highest BCUT2D eigenvalue weighted by atomic mass is 15.1. The van der Waals surface area contributed by atoms with Crippen molar-refractivity contribution in [2.75, 3.05) is 4.90 Å². The summed E-state index contributed by atoms with van der Waals surface area (Å²) in [5, 5.41) is 0. The van der Waals surface area contributed by atoms with Crippen molar-refractivity contribution in [3.8, 4) is 0 Å². The van der Waals surface area contributed by atoms with Gasteiger partial charge in [0, 0.05) is 17.1 Å². The Labute approximate surface area is 151 Å². The van der Waals surface area contributed by atoms with E-state index in [0.29, 0.717) is 0 Å². The summed E-state index contributed by atoms with van der Waals surface area (Å²) in [6.07, 6.45) is 3.22. The molecule has 128 valence electrons. The van der Waals surface area contributed by atoms with E-state index in [-0.39, 0.29) is 0 Å². The number of rotatable bonds is 6. The topological polar surface area (TPSA) is 3.24 Å². The maximum atomic E-state index is 2.39. The first-order valence-electron chi connectivity index (χ1n) is 9.33. The summed E-state index contributed by atoms with van der Waals surface area (Å²) < 4.78 is 0. The Hall–Kier alpha value is -2.54. The lowest BCUT2D eigenvalue weighted by molar-refractivity contribution is 0.975. The lowest BCUT2D eigenvalue weighted by Gasteiger charge is -2.29. The predicted molar refractivity (Wildman–Crippen MR) is 109 cm³/mol. The molecule has 3 aromatic rings. The van der Waals surface area contributed by atoms with Gasteiger partial charge < -0.3 is 4.90 Å². The Balaban J connectivity index is 2.24. The van der Waals surface area contributed by atoms with E-state index in [2.05, 4.69) is 98.5 Å². The van der Waals surface area contributed by atoms with E-state index in [4.69, 9.17) is 0 Å². The average molecular weight is 329 g/mol. The Kier molecular flexibility index (Phi) is 5.55. The second-order valence-electron chi connectivity index (χ2n) is 6.27. The van der Waals surface area contributed by atoms with Gasteiger partial charge in [0.25, 0.3) is 0 Å². The summed E-state index contributed by atoms with van der Waals surface area (Å²) >= 11 is 0. The van der Waals surface area contributed by atoms with Crippen LogP contribution in [0.1, 0.15) is 37.5 Å². The molecule has 0 heterocycles. The molecule has 0 aliphatic rings. The van der Waals surface area contributed by atoms with Gasteiger partial charge in [0.1, 0.15) is 0 Å². The maximum absolute atomic E-state index is 2.39. The summed E-state index contributed by atoms with van der Waals surface area (Å²) in [5.74, 6) is 0. The number of benzene rings is 3. The molecule has 25 heavy (non-hydrogen) atoms. The van der Waals surface area contributed by atoms with E-state index in [1.54, 1.807) is 0 Å². The molecule has 3 aromatic carbocycles. The van der Waals surface area contributed by atoms with Gasteiger partial charge in [0.05, 0.1) is 0 Å². The fourth-order valence-corrected chi connectivity index (χ4v) is 3.69. The van der Waals surface area contributed by atoms with Gasteiger partial charge in [-0.1, -0.05) is 63.2 Å². The molecular weight excluding hydrogens is 302 g/mol. The van der Waals surface area contributed by atoms with Crippen LogP contribution in [0.5, 0.6) is 0 Å². The molecule has 1 nitrogen and oxygen atoms in total. The van der Waals surface area contributed by atoms with Gasteiger partial charge in [0.2, 0.25) is 0 Å². The maximum Gasteiger partial charge on any atom is 0.0496 e. The van der Waals surface area contributed by atoms with Gasteiger partial charge in [-0.2, -0.15) is 0 Å². The molecule has 3 rings (SSSR count). The van der Waals surface area contributed by atoms with Crippen LogP contribution in [0.25, 0.3) is 0 Å². The summed E-state index contributed by atoms with van der Waals surface area (Å²) in [5.41, 5.74) is 8.16. The van der Waals surface area contributed by atoms with Gasteiger partial charge in [-0.05, 0) is 66.3 Å². The smallest absolute Gasteiger partial charge is 0.0496 e. The third-order valence-corrected chi connectivity index (χ3v) is 4.86. The standard InChI is InChI=1S/C24H27N/c1-4-19-17-18-24(23(6-3)22(19)5-2)25(20-13-9-7-10-14-20)21-15-11-8-12-16-21/h7-18H,4-6H2,1-3H3. The second kappa shape index (κ2) is 8.02.